The van der Waals surface area contributed by atoms with Crippen LogP contribution in [0.25, 0.3) is 0 Å². The normalized spacial score (nSPS) is 13.9. The van der Waals surface area contributed by atoms with Crippen molar-refractivity contribution in [3.05, 3.63) is 53.6 Å². The Morgan fingerprint density at radius 3 is 2.44 bits per heavy atom. The van der Waals surface area contributed by atoms with Gasteiger partial charge in [-0.05, 0) is 35.2 Å². The zero-order chi connectivity index (χ0) is 18.2. The summed E-state index contributed by atoms with van der Waals surface area (Å²) in [7, 11) is 1.68. The molecule has 0 saturated carbocycles. The van der Waals surface area contributed by atoms with Gasteiger partial charge in [-0.3, -0.25) is 9.59 Å². The first-order valence-electron chi connectivity index (χ1n) is 8.21. The second-order valence-electron chi connectivity index (χ2n) is 7.18. The predicted octanol–water partition coefficient (Wildman–Crippen LogP) is 3.59. The van der Waals surface area contributed by atoms with Crippen molar-refractivity contribution in [1.82, 2.24) is 0 Å². The Balaban J connectivity index is 1.84. The first-order valence-corrected chi connectivity index (χ1v) is 8.21. The Kier molecular flexibility index (Phi) is 4.25. The molecule has 1 aliphatic heterocycles. The molecule has 0 saturated heterocycles. The number of para-hydroxylation sites is 1. The average molecular weight is 338 g/mol. The third kappa shape index (κ3) is 3.36. The summed E-state index contributed by atoms with van der Waals surface area (Å²) in [5.74, 6) is 0.0411. The number of carbonyl (C=O) groups is 2. The van der Waals surface area contributed by atoms with Gasteiger partial charge < -0.3 is 15.0 Å². The number of anilines is 2. The van der Waals surface area contributed by atoms with Gasteiger partial charge in [0.2, 0.25) is 0 Å². The van der Waals surface area contributed by atoms with E-state index in [1.807, 2.05) is 24.3 Å². The summed E-state index contributed by atoms with van der Waals surface area (Å²) >= 11 is 0. The fourth-order valence-corrected chi connectivity index (χ4v) is 2.74. The van der Waals surface area contributed by atoms with Crippen LogP contribution < -0.4 is 15.0 Å². The highest BCUT2D eigenvalue weighted by Crippen LogP contribution is 2.35. The first-order chi connectivity index (χ1) is 11.8. The molecule has 1 heterocycles. The van der Waals surface area contributed by atoms with E-state index in [2.05, 4.69) is 26.1 Å². The summed E-state index contributed by atoms with van der Waals surface area (Å²) in [4.78, 5) is 25.9. The zero-order valence-electron chi connectivity index (χ0n) is 14.9. The summed E-state index contributed by atoms with van der Waals surface area (Å²) in [6.07, 6.45) is 0. The Morgan fingerprint density at radius 1 is 1.12 bits per heavy atom. The number of likely N-dealkylation sites (N-methyl/N-ethyl adjacent to an activating group) is 1. The quantitative estimate of drug-likeness (QED) is 0.910. The SMILES string of the molecule is CN1C(=O)COc2c(C(=O)Nc3ccc(C(C)(C)C)cc3)cccc21. The second kappa shape index (κ2) is 6.24. The van der Waals surface area contributed by atoms with Gasteiger partial charge in [0.05, 0.1) is 11.3 Å². The van der Waals surface area contributed by atoms with Gasteiger partial charge in [0.15, 0.2) is 12.4 Å². The van der Waals surface area contributed by atoms with Gasteiger partial charge in [0.25, 0.3) is 11.8 Å². The topological polar surface area (TPSA) is 58.6 Å². The third-order valence-corrected chi connectivity index (χ3v) is 4.32. The lowest BCUT2D eigenvalue weighted by molar-refractivity contribution is -0.121. The molecule has 2 aromatic carbocycles. The smallest absolute Gasteiger partial charge is 0.264 e. The molecule has 0 aliphatic carbocycles. The van der Waals surface area contributed by atoms with E-state index in [0.717, 1.165) is 5.69 Å². The number of benzene rings is 2. The minimum absolute atomic E-state index is 0.0614. The maximum absolute atomic E-state index is 12.7. The summed E-state index contributed by atoms with van der Waals surface area (Å²) in [6.45, 7) is 6.37. The molecule has 2 amide bonds. The van der Waals surface area contributed by atoms with Crippen molar-refractivity contribution >= 4 is 23.2 Å². The number of rotatable bonds is 2. The Bertz CT molecular complexity index is 820. The van der Waals surface area contributed by atoms with Crippen LogP contribution in [0.15, 0.2) is 42.5 Å². The molecule has 0 spiro atoms. The van der Waals surface area contributed by atoms with E-state index in [9.17, 15) is 9.59 Å². The molecule has 0 fully saturated rings. The van der Waals surface area contributed by atoms with Crippen molar-refractivity contribution < 1.29 is 14.3 Å². The average Bonchev–Trinajstić information content (AvgIpc) is 2.57. The molecule has 25 heavy (non-hydrogen) atoms. The molecule has 5 heteroatoms. The molecule has 0 bridgehead atoms. The Hall–Kier alpha value is -2.82. The van der Waals surface area contributed by atoms with Crippen LogP contribution in [0.4, 0.5) is 11.4 Å². The second-order valence-corrected chi connectivity index (χ2v) is 7.18. The van der Waals surface area contributed by atoms with Gasteiger partial charge in [-0.25, -0.2) is 0 Å². The number of ether oxygens (including phenoxy) is 1. The lowest BCUT2D eigenvalue weighted by Crippen LogP contribution is -2.36. The van der Waals surface area contributed by atoms with Gasteiger partial charge >= 0.3 is 0 Å². The first kappa shape index (κ1) is 17.0. The standard InChI is InChI=1S/C20H22N2O3/c1-20(2,3)13-8-10-14(11-9-13)21-19(24)15-6-5-7-16-18(15)25-12-17(23)22(16)4/h5-11H,12H2,1-4H3,(H,21,24). The van der Waals surface area contributed by atoms with E-state index in [0.29, 0.717) is 17.0 Å². The molecule has 0 unspecified atom stereocenters. The molecule has 0 radical (unpaired) electrons. The lowest BCUT2D eigenvalue weighted by atomic mass is 9.87. The summed E-state index contributed by atoms with van der Waals surface area (Å²) in [5, 5.41) is 2.89. The number of nitrogens with one attached hydrogen (secondary N) is 1. The van der Waals surface area contributed by atoms with Gasteiger partial charge in [0, 0.05) is 12.7 Å². The van der Waals surface area contributed by atoms with Crippen LogP contribution >= 0.6 is 0 Å². The highest BCUT2D eigenvalue weighted by atomic mass is 16.5. The maximum atomic E-state index is 12.7. The van der Waals surface area contributed by atoms with Crippen LogP contribution in [0.1, 0.15) is 36.7 Å². The van der Waals surface area contributed by atoms with E-state index in [4.69, 9.17) is 4.74 Å². The molecule has 0 atom stereocenters. The van der Waals surface area contributed by atoms with Crippen molar-refractivity contribution in [2.45, 2.75) is 26.2 Å². The van der Waals surface area contributed by atoms with E-state index in [-0.39, 0.29) is 23.8 Å². The lowest BCUT2D eigenvalue weighted by Gasteiger charge is -2.27. The molecule has 0 aromatic heterocycles. The van der Waals surface area contributed by atoms with Gasteiger partial charge in [-0.2, -0.15) is 0 Å². The highest BCUT2D eigenvalue weighted by molar-refractivity contribution is 6.09. The van der Waals surface area contributed by atoms with Crippen molar-refractivity contribution in [1.29, 1.82) is 0 Å². The molecular weight excluding hydrogens is 316 g/mol. The minimum atomic E-state index is -0.261. The van der Waals surface area contributed by atoms with Crippen molar-refractivity contribution in [2.75, 3.05) is 23.9 Å². The van der Waals surface area contributed by atoms with Gasteiger partial charge in [-0.1, -0.05) is 39.0 Å². The molecule has 1 aliphatic rings. The summed E-state index contributed by atoms with van der Waals surface area (Å²) in [6, 6.07) is 13.0. The van der Waals surface area contributed by atoms with Crippen molar-refractivity contribution in [3.8, 4) is 5.75 Å². The number of fused-ring (bicyclic) bond motifs is 1. The fraction of sp³-hybridized carbons (Fsp3) is 0.300. The number of hydrogen-bond acceptors (Lipinski definition) is 3. The highest BCUT2D eigenvalue weighted by Gasteiger charge is 2.26. The van der Waals surface area contributed by atoms with E-state index in [1.165, 1.54) is 10.5 Å². The fourth-order valence-electron chi connectivity index (χ4n) is 2.74. The number of amides is 2. The Labute approximate surface area is 147 Å². The number of hydrogen-bond donors (Lipinski definition) is 1. The molecular formula is C20H22N2O3. The van der Waals surface area contributed by atoms with Crippen molar-refractivity contribution in [2.24, 2.45) is 0 Å². The third-order valence-electron chi connectivity index (χ3n) is 4.32. The number of nitrogens with zero attached hydrogens (tertiary/aromatic N) is 1. The summed E-state index contributed by atoms with van der Waals surface area (Å²) < 4.78 is 5.51. The molecule has 3 rings (SSSR count). The Morgan fingerprint density at radius 2 is 1.80 bits per heavy atom. The van der Waals surface area contributed by atoms with E-state index in [1.54, 1.807) is 25.2 Å². The van der Waals surface area contributed by atoms with E-state index < -0.39 is 0 Å². The molecule has 2 aromatic rings. The van der Waals surface area contributed by atoms with Crippen LogP contribution in [-0.4, -0.2) is 25.5 Å². The number of carbonyl (C=O) groups excluding carboxylic acids is 2. The molecule has 1 N–H and O–H groups in total. The van der Waals surface area contributed by atoms with Crippen LogP contribution in [0.2, 0.25) is 0 Å². The van der Waals surface area contributed by atoms with Gasteiger partial charge in [-0.15, -0.1) is 0 Å². The van der Waals surface area contributed by atoms with Crippen molar-refractivity contribution in [3.63, 3.8) is 0 Å². The van der Waals surface area contributed by atoms with Gasteiger partial charge in [0.1, 0.15) is 0 Å². The monoisotopic (exact) mass is 338 g/mol. The zero-order valence-corrected chi connectivity index (χ0v) is 14.9. The molecule has 5 nitrogen and oxygen atoms in total. The largest absolute Gasteiger partial charge is 0.481 e. The van der Waals surface area contributed by atoms with Crippen LogP contribution in [0.5, 0.6) is 5.75 Å². The minimum Gasteiger partial charge on any atom is -0.481 e. The van der Waals surface area contributed by atoms with E-state index >= 15 is 0 Å². The van der Waals surface area contributed by atoms with Crippen LogP contribution in [0, 0.1) is 0 Å². The van der Waals surface area contributed by atoms with Crippen LogP contribution in [-0.2, 0) is 10.2 Å². The predicted molar refractivity (Wildman–Crippen MR) is 98.4 cm³/mol. The van der Waals surface area contributed by atoms with Crippen LogP contribution in [0.3, 0.4) is 0 Å². The maximum Gasteiger partial charge on any atom is 0.264 e. The summed E-state index contributed by atoms with van der Waals surface area (Å²) in [5.41, 5.74) is 3.00. The molecule has 130 valence electrons.